The van der Waals surface area contributed by atoms with Gasteiger partial charge in [0, 0.05) is 0 Å². The van der Waals surface area contributed by atoms with Crippen molar-refractivity contribution >= 4 is 82.3 Å². The Labute approximate surface area is 167 Å². The van der Waals surface area contributed by atoms with Crippen molar-refractivity contribution in [3.8, 4) is 0 Å². The largest absolute Gasteiger partial charge is 4.00 e. The van der Waals surface area contributed by atoms with Crippen molar-refractivity contribution in [2.75, 3.05) is 0 Å². The summed E-state index contributed by atoms with van der Waals surface area (Å²) in [6, 6.07) is 0. The summed E-state index contributed by atoms with van der Waals surface area (Å²) in [7, 11) is 0. The average Bonchev–Trinajstić information content (AvgIpc) is 1.76. The maximum Gasteiger partial charge on any atom is 4.00 e. The average molecular weight is 806 g/mol. The zero-order valence-electron chi connectivity index (χ0n) is 7.90. The Bertz CT molecular complexity index is 164. The maximum atomic E-state index is 8.61. The Morgan fingerprint density at radius 2 is 0.444 bits per heavy atom. The smallest absolute Gasteiger partial charge is 4.00 e. The molecule has 0 saturated heterocycles. The van der Waals surface area contributed by atoms with Gasteiger partial charge in [-0.25, -0.2) is 0 Å². The fourth-order valence-electron chi connectivity index (χ4n) is 0. The number of hydrogen-bond donors (Lipinski definition) is 0. The SMILES string of the molecule is [O]=[Sn]([O-])[O-].[O]=[Sn]([O-])[O-].[O]=[Sn]([O-])[O-].[O]=[Sn]([O-])[O-].[Ti+4].[Zr+4]. The van der Waals surface area contributed by atoms with Gasteiger partial charge in [0.2, 0.25) is 0 Å². The van der Waals surface area contributed by atoms with E-state index in [2.05, 4.69) is 0 Å². The third kappa shape index (κ3) is 509. The molecule has 0 N–H and O–H groups in total. The van der Waals surface area contributed by atoms with Gasteiger partial charge in [-0.3, -0.25) is 0 Å². The molecule has 96 valence electrons. The van der Waals surface area contributed by atoms with Crippen LogP contribution in [0.15, 0.2) is 0 Å². The number of rotatable bonds is 0. The molecule has 0 aliphatic rings. The van der Waals surface area contributed by atoms with Crippen LogP contribution in [0.3, 0.4) is 0 Å². The van der Waals surface area contributed by atoms with E-state index in [-0.39, 0.29) is 47.9 Å². The molecular formula is O12Sn4TiZr. The molecule has 0 aromatic carbocycles. The van der Waals surface area contributed by atoms with Crippen LogP contribution in [0, 0.1) is 0 Å². The Morgan fingerprint density at radius 1 is 0.444 bits per heavy atom. The van der Waals surface area contributed by atoms with E-state index in [1.807, 2.05) is 0 Å². The third-order valence-corrected chi connectivity index (χ3v) is 0. The van der Waals surface area contributed by atoms with Gasteiger partial charge in [0.1, 0.15) is 0 Å². The first-order chi connectivity index (χ1) is 6.93. The van der Waals surface area contributed by atoms with E-state index in [0.29, 0.717) is 0 Å². The first-order valence-electron chi connectivity index (χ1n) is 2.45. The van der Waals surface area contributed by atoms with Gasteiger partial charge in [-0.2, -0.15) is 0 Å². The summed E-state index contributed by atoms with van der Waals surface area (Å²) < 4.78 is 103. The molecule has 0 spiro atoms. The first-order valence-corrected chi connectivity index (χ1v) is 16.4. The van der Waals surface area contributed by atoms with Crippen molar-refractivity contribution in [1.29, 1.82) is 0 Å². The molecule has 0 rings (SSSR count). The van der Waals surface area contributed by atoms with Crippen LogP contribution < -0.4 is 27.6 Å². The summed E-state index contributed by atoms with van der Waals surface area (Å²) in [5, 5.41) is 0. The van der Waals surface area contributed by atoms with Gasteiger partial charge in [-0.05, 0) is 0 Å². The van der Waals surface area contributed by atoms with Crippen molar-refractivity contribution in [3.63, 3.8) is 0 Å². The van der Waals surface area contributed by atoms with E-state index in [0.717, 1.165) is 0 Å². The fourth-order valence-corrected chi connectivity index (χ4v) is 0. The standard InChI is InChI=1S/12O.4Sn.Ti.Zr/q;;;;8*-1;;;;;2*+4. The molecule has 0 unspecified atom stereocenters. The summed E-state index contributed by atoms with van der Waals surface area (Å²) in [5.74, 6) is 0. The van der Waals surface area contributed by atoms with Crippen molar-refractivity contribution in [2.45, 2.75) is 0 Å². The van der Waals surface area contributed by atoms with Crippen LogP contribution in [0.4, 0.5) is 0 Å². The first kappa shape index (κ1) is 37.7. The van der Waals surface area contributed by atoms with Gasteiger partial charge in [-0.15, -0.1) is 0 Å². The summed E-state index contributed by atoms with van der Waals surface area (Å²) in [5.41, 5.74) is 0. The maximum absolute atomic E-state index is 8.61. The minimum atomic E-state index is -4.29. The molecule has 0 saturated carbocycles. The zero-order valence-corrected chi connectivity index (χ0v) is 23.3. The van der Waals surface area contributed by atoms with E-state index < -0.39 is 82.3 Å². The molecule has 0 heterocycles. The van der Waals surface area contributed by atoms with Gasteiger partial charge in [0.15, 0.2) is 0 Å². The van der Waals surface area contributed by atoms with E-state index in [9.17, 15) is 0 Å². The summed E-state index contributed by atoms with van der Waals surface area (Å²) in [6.07, 6.45) is 0. The van der Waals surface area contributed by atoms with E-state index in [1.165, 1.54) is 0 Å². The minimum absolute atomic E-state index is 0. The van der Waals surface area contributed by atoms with Crippen LogP contribution in [-0.4, -0.2) is 82.3 Å². The molecular weight excluding hydrogens is 806 g/mol. The second-order valence-electron chi connectivity index (χ2n) is 1.00. The minimum Gasteiger partial charge on any atom is 4.00 e. The van der Waals surface area contributed by atoms with Gasteiger partial charge >= 0.3 is 170 Å². The van der Waals surface area contributed by atoms with Crippen molar-refractivity contribution in [3.05, 3.63) is 0 Å². The Hall–Kier alpha value is 3.67. The van der Waals surface area contributed by atoms with E-state index in [4.69, 9.17) is 39.9 Å². The van der Waals surface area contributed by atoms with Crippen LogP contribution in [0.2, 0.25) is 0 Å². The second kappa shape index (κ2) is 32.6. The van der Waals surface area contributed by atoms with Crippen LogP contribution in [-0.2, 0) is 60.2 Å². The second-order valence-corrected chi connectivity index (χ2v) is 6.71. The topological polar surface area (TPSA) is 253 Å². The normalized spacial score (nSPS) is 5.78. The van der Waals surface area contributed by atoms with Crippen molar-refractivity contribution in [2.24, 2.45) is 0 Å². The Kier molecular flexibility index (Phi) is 68.2. The van der Waals surface area contributed by atoms with Crippen LogP contribution in [0.25, 0.3) is 0 Å². The third-order valence-electron chi connectivity index (χ3n) is 0. The number of hydrogen-bond acceptors (Lipinski definition) is 12. The Morgan fingerprint density at radius 3 is 0.444 bits per heavy atom. The molecule has 0 atom stereocenters. The van der Waals surface area contributed by atoms with Crippen LogP contribution in [0.1, 0.15) is 0 Å². The monoisotopic (exact) mass is 809 g/mol. The molecule has 0 fully saturated rings. The van der Waals surface area contributed by atoms with E-state index in [1.54, 1.807) is 0 Å². The van der Waals surface area contributed by atoms with E-state index >= 15 is 0 Å². The molecule has 0 radical (unpaired) electrons. The summed E-state index contributed by atoms with van der Waals surface area (Å²) >= 11 is -17.2. The molecule has 0 aromatic heterocycles. The van der Waals surface area contributed by atoms with Crippen molar-refractivity contribution < 1.29 is 87.8 Å². The molecule has 0 aromatic rings. The van der Waals surface area contributed by atoms with Gasteiger partial charge < -0.3 is 0 Å². The van der Waals surface area contributed by atoms with Gasteiger partial charge in [-0.1, -0.05) is 0 Å². The molecule has 0 aliphatic heterocycles. The predicted octanol–water partition coefficient (Wildman–Crippen LogP) is -11.5. The molecule has 18 heavy (non-hydrogen) atoms. The van der Waals surface area contributed by atoms with Crippen LogP contribution in [0.5, 0.6) is 0 Å². The molecule has 12 nitrogen and oxygen atoms in total. The Balaban J connectivity index is -0.0000000257. The quantitative estimate of drug-likeness (QED) is 0.207. The molecule has 18 heteroatoms. The molecule has 0 amide bonds. The zero-order chi connectivity index (χ0) is 14.3. The predicted molar refractivity (Wildman–Crippen MR) is 25.8 cm³/mol. The van der Waals surface area contributed by atoms with Gasteiger partial charge in [0.25, 0.3) is 0 Å². The molecule has 0 bridgehead atoms. The summed E-state index contributed by atoms with van der Waals surface area (Å²) in [4.78, 5) is 0. The van der Waals surface area contributed by atoms with Gasteiger partial charge in [0.05, 0.1) is 0 Å². The summed E-state index contributed by atoms with van der Waals surface area (Å²) in [6.45, 7) is 0. The van der Waals surface area contributed by atoms with Crippen LogP contribution >= 0.6 is 0 Å². The molecule has 0 aliphatic carbocycles. The fraction of sp³-hybridized carbons (Fsp3) is 0. The van der Waals surface area contributed by atoms with Crippen molar-refractivity contribution in [1.82, 2.24) is 0 Å².